The molecular formula is C15H15ClN4. The van der Waals surface area contributed by atoms with Crippen molar-refractivity contribution in [1.82, 2.24) is 20.1 Å². The number of aryl methyl sites for hydroxylation is 1. The summed E-state index contributed by atoms with van der Waals surface area (Å²) in [5, 5.41) is 9.29. The molecule has 102 valence electrons. The van der Waals surface area contributed by atoms with Crippen molar-refractivity contribution in [3.8, 4) is 0 Å². The summed E-state index contributed by atoms with van der Waals surface area (Å²) >= 11 is 6.19. The summed E-state index contributed by atoms with van der Waals surface area (Å²) in [5.41, 5.74) is 3.27. The molecule has 5 heteroatoms. The highest BCUT2D eigenvalue weighted by Gasteiger charge is 2.05. The topological polar surface area (TPSA) is 42.7 Å². The van der Waals surface area contributed by atoms with Gasteiger partial charge in [0.05, 0.1) is 11.7 Å². The first kappa shape index (κ1) is 13.1. The third kappa shape index (κ3) is 2.66. The van der Waals surface area contributed by atoms with Crippen molar-refractivity contribution in [2.45, 2.75) is 13.1 Å². The molecule has 3 rings (SSSR count). The van der Waals surface area contributed by atoms with Crippen molar-refractivity contribution >= 4 is 22.5 Å². The normalized spacial score (nSPS) is 11.1. The first-order chi connectivity index (χ1) is 9.74. The van der Waals surface area contributed by atoms with Gasteiger partial charge in [-0.05, 0) is 23.8 Å². The summed E-state index contributed by atoms with van der Waals surface area (Å²) in [6.07, 6.45) is 5.67. The van der Waals surface area contributed by atoms with E-state index in [2.05, 4.69) is 15.4 Å². The van der Waals surface area contributed by atoms with Crippen molar-refractivity contribution < 1.29 is 0 Å². The summed E-state index contributed by atoms with van der Waals surface area (Å²) in [7, 11) is 1.92. The Labute approximate surface area is 122 Å². The molecule has 4 nitrogen and oxygen atoms in total. The Kier molecular flexibility index (Phi) is 3.67. The van der Waals surface area contributed by atoms with Crippen LogP contribution in [0, 0.1) is 0 Å². The third-order valence-corrected chi connectivity index (χ3v) is 3.53. The fourth-order valence-electron chi connectivity index (χ4n) is 2.24. The Morgan fingerprint density at radius 2 is 2.15 bits per heavy atom. The second-order valence-electron chi connectivity index (χ2n) is 4.73. The monoisotopic (exact) mass is 286 g/mol. The Morgan fingerprint density at radius 1 is 1.25 bits per heavy atom. The van der Waals surface area contributed by atoms with Crippen molar-refractivity contribution in [2.75, 3.05) is 0 Å². The lowest BCUT2D eigenvalue weighted by Gasteiger charge is -2.08. The smallest absolute Gasteiger partial charge is 0.0761 e. The standard InChI is InChI=1S/C15H15ClN4/c1-20-10-11(8-19-20)7-17-9-12-4-5-14(16)13-3-2-6-18-15(12)13/h2-6,8,10,17H,7,9H2,1H3. The Morgan fingerprint density at radius 3 is 2.95 bits per heavy atom. The molecule has 2 aromatic heterocycles. The molecule has 0 radical (unpaired) electrons. The minimum atomic E-state index is 0.740. The second kappa shape index (κ2) is 5.61. The fourth-order valence-corrected chi connectivity index (χ4v) is 2.46. The van der Waals surface area contributed by atoms with E-state index in [9.17, 15) is 0 Å². The molecule has 0 spiro atoms. The van der Waals surface area contributed by atoms with Crippen LogP contribution in [0.1, 0.15) is 11.1 Å². The second-order valence-corrected chi connectivity index (χ2v) is 5.14. The molecule has 0 saturated heterocycles. The van der Waals surface area contributed by atoms with Gasteiger partial charge in [-0.15, -0.1) is 0 Å². The first-order valence-electron chi connectivity index (χ1n) is 6.44. The van der Waals surface area contributed by atoms with Crippen LogP contribution in [0.15, 0.2) is 42.9 Å². The van der Waals surface area contributed by atoms with Crippen molar-refractivity contribution in [3.05, 3.63) is 59.0 Å². The van der Waals surface area contributed by atoms with Crippen LogP contribution in [0.5, 0.6) is 0 Å². The molecule has 0 aliphatic rings. The molecule has 0 atom stereocenters. The van der Waals surface area contributed by atoms with Crippen molar-refractivity contribution in [2.24, 2.45) is 7.05 Å². The van der Waals surface area contributed by atoms with E-state index >= 15 is 0 Å². The summed E-state index contributed by atoms with van der Waals surface area (Å²) in [4.78, 5) is 4.43. The Balaban J connectivity index is 1.76. The fraction of sp³-hybridized carbons (Fsp3) is 0.200. The lowest BCUT2D eigenvalue weighted by molar-refractivity contribution is 0.694. The SMILES string of the molecule is Cn1cc(CNCc2ccc(Cl)c3cccnc23)cn1. The predicted octanol–water partition coefficient (Wildman–Crippen LogP) is 2.91. The van der Waals surface area contributed by atoms with Gasteiger partial charge in [0, 0.05) is 48.5 Å². The Bertz CT molecular complexity index is 736. The minimum absolute atomic E-state index is 0.740. The largest absolute Gasteiger partial charge is 0.308 e. The maximum absolute atomic E-state index is 6.19. The van der Waals surface area contributed by atoms with Gasteiger partial charge in [0.15, 0.2) is 0 Å². The van der Waals surface area contributed by atoms with E-state index in [-0.39, 0.29) is 0 Å². The maximum Gasteiger partial charge on any atom is 0.0761 e. The third-order valence-electron chi connectivity index (χ3n) is 3.20. The zero-order valence-corrected chi connectivity index (χ0v) is 11.9. The highest BCUT2D eigenvalue weighted by Crippen LogP contribution is 2.24. The van der Waals surface area contributed by atoms with Gasteiger partial charge < -0.3 is 5.32 Å². The van der Waals surface area contributed by atoms with E-state index in [1.807, 2.05) is 43.7 Å². The number of aromatic nitrogens is 3. The molecule has 0 fully saturated rings. The van der Waals surface area contributed by atoms with Crippen LogP contribution in [-0.2, 0) is 20.1 Å². The van der Waals surface area contributed by atoms with Crippen LogP contribution < -0.4 is 5.32 Å². The summed E-state index contributed by atoms with van der Waals surface area (Å²) < 4.78 is 1.80. The van der Waals surface area contributed by atoms with Crippen molar-refractivity contribution in [1.29, 1.82) is 0 Å². The van der Waals surface area contributed by atoms with Gasteiger partial charge in [0.1, 0.15) is 0 Å². The van der Waals surface area contributed by atoms with E-state index < -0.39 is 0 Å². The summed E-state index contributed by atoms with van der Waals surface area (Å²) in [6.45, 7) is 1.53. The van der Waals surface area contributed by atoms with Gasteiger partial charge >= 0.3 is 0 Å². The molecule has 2 heterocycles. The van der Waals surface area contributed by atoms with Crippen LogP contribution in [0.3, 0.4) is 0 Å². The van der Waals surface area contributed by atoms with Crippen LogP contribution in [0.25, 0.3) is 10.9 Å². The molecule has 0 aliphatic carbocycles. The maximum atomic E-state index is 6.19. The number of fused-ring (bicyclic) bond motifs is 1. The van der Waals surface area contributed by atoms with Gasteiger partial charge in [0.2, 0.25) is 0 Å². The van der Waals surface area contributed by atoms with E-state index in [1.165, 1.54) is 5.56 Å². The number of halogens is 1. The lowest BCUT2D eigenvalue weighted by Crippen LogP contribution is -2.12. The van der Waals surface area contributed by atoms with E-state index in [1.54, 1.807) is 10.9 Å². The predicted molar refractivity (Wildman–Crippen MR) is 80.5 cm³/mol. The summed E-state index contributed by atoms with van der Waals surface area (Å²) in [5.74, 6) is 0. The van der Waals surface area contributed by atoms with Crippen LogP contribution in [0.4, 0.5) is 0 Å². The van der Waals surface area contributed by atoms with E-state index in [0.29, 0.717) is 0 Å². The molecule has 1 N–H and O–H groups in total. The summed E-state index contributed by atoms with van der Waals surface area (Å²) in [6, 6.07) is 7.84. The molecule has 0 saturated carbocycles. The molecule has 20 heavy (non-hydrogen) atoms. The number of nitrogens with zero attached hydrogens (tertiary/aromatic N) is 3. The highest BCUT2D eigenvalue weighted by molar-refractivity contribution is 6.35. The van der Waals surface area contributed by atoms with Gasteiger partial charge in [-0.2, -0.15) is 5.10 Å². The van der Waals surface area contributed by atoms with E-state index in [0.717, 1.165) is 34.6 Å². The number of pyridine rings is 1. The zero-order chi connectivity index (χ0) is 13.9. The van der Waals surface area contributed by atoms with Gasteiger partial charge in [-0.25, -0.2) is 0 Å². The number of hydrogen-bond acceptors (Lipinski definition) is 3. The van der Waals surface area contributed by atoms with Crippen LogP contribution in [0.2, 0.25) is 5.02 Å². The number of benzene rings is 1. The molecule has 3 aromatic rings. The van der Waals surface area contributed by atoms with Gasteiger partial charge in [0.25, 0.3) is 0 Å². The average molecular weight is 287 g/mol. The highest BCUT2D eigenvalue weighted by atomic mass is 35.5. The van der Waals surface area contributed by atoms with Crippen LogP contribution in [-0.4, -0.2) is 14.8 Å². The molecule has 0 aliphatic heterocycles. The first-order valence-corrected chi connectivity index (χ1v) is 6.82. The van der Waals surface area contributed by atoms with Crippen molar-refractivity contribution in [3.63, 3.8) is 0 Å². The molecular weight excluding hydrogens is 272 g/mol. The molecule has 0 bridgehead atoms. The average Bonchev–Trinajstić information content (AvgIpc) is 2.87. The quantitative estimate of drug-likeness (QED) is 0.802. The molecule has 0 amide bonds. The van der Waals surface area contributed by atoms with Gasteiger partial charge in [-0.1, -0.05) is 17.7 Å². The van der Waals surface area contributed by atoms with E-state index in [4.69, 9.17) is 11.6 Å². The number of rotatable bonds is 4. The number of nitrogens with one attached hydrogen (secondary N) is 1. The van der Waals surface area contributed by atoms with Crippen LogP contribution >= 0.6 is 11.6 Å². The Hall–Kier alpha value is -1.91. The zero-order valence-electron chi connectivity index (χ0n) is 11.2. The molecule has 1 aromatic carbocycles. The van der Waals surface area contributed by atoms with Gasteiger partial charge in [-0.3, -0.25) is 9.67 Å². The minimum Gasteiger partial charge on any atom is -0.308 e. The molecule has 0 unspecified atom stereocenters. The number of hydrogen-bond donors (Lipinski definition) is 1. The lowest BCUT2D eigenvalue weighted by atomic mass is 10.1.